The number of amides is 2. The van der Waals surface area contributed by atoms with Crippen molar-refractivity contribution in [2.75, 3.05) is 16.9 Å². The van der Waals surface area contributed by atoms with Gasteiger partial charge in [-0.05, 0) is 37.1 Å². The Morgan fingerprint density at radius 3 is 2.43 bits per heavy atom. The molecule has 1 aromatic carbocycles. The molecule has 0 bridgehead atoms. The molecule has 23 heavy (non-hydrogen) atoms. The molecule has 1 atom stereocenters. The second-order valence-electron chi connectivity index (χ2n) is 5.79. The lowest BCUT2D eigenvalue weighted by Gasteiger charge is -2.13. The monoisotopic (exact) mass is 355 g/mol. The molecule has 2 amide bonds. The Morgan fingerprint density at radius 2 is 1.83 bits per heavy atom. The summed E-state index contributed by atoms with van der Waals surface area (Å²) in [6.45, 7) is 0. The van der Waals surface area contributed by atoms with Gasteiger partial charge in [0.2, 0.25) is 5.91 Å². The standard InChI is InChI=1S/C16H21N3O2S.ClH/c20-15(18-12-3-1-2-4-12)11-5-7-13(8-6-11)19-16(21)14-9-22-10-17-14;/h5-8,12,14,17H,1-4,9-10H2,(H,18,20)(H,19,21);1H. The Hall–Kier alpha value is -1.24. The third-order valence-corrected chi connectivity index (χ3v) is 5.08. The van der Waals surface area contributed by atoms with Crippen molar-refractivity contribution >= 4 is 41.7 Å². The smallest absolute Gasteiger partial charge is 0.251 e. The Labute approximate surface area is 146 Å². The van der Waals surface area contributed by atoms with Gasteiger partial charge in [0.05, 0.1) is 6.04 Å². The molecule has 7 heteroatoms. The fourth-order valence-electron chi connectivity index (χ4n) is 2.84. The van der Waals surface area contributed by atoms with Crippen molar-refractivity contribution in [1.29, 1.82) is 0 Å². The number of carbonyl (C=O) groups is 2. The van der Waals surface area contributed by atoms with E-state index >= 15 is 0 Å². The van der Waals surface area contributed by atoms with E-state index < -0.39 is 0 Å². The molecule has 3 rings (SSSR count). The summed E-state index contributed by atoms with van der Waals surface area (Å²) in [6, 6.07) is 7.27. The van der Waals surface area contributed by atoms with E-state index in [0.717, 1.165) is 30.2 Å². The zero-order chi connectivity index (χ0) is 15.4. The third kappa shape index (κ3) is 4.86. The SMILES string of the molecule is Cl.O=C(NC1CCCC1)c1ccc(NC(=O)C2CSCN2)cc1. The van der Waals surface area contributed by atoms with Gasteiger partial charge in [-0.1, -0.05) is 12.8 Å². The molecule has 2 fully saturated rings. The average molecular weight is 356 g/mol. The highest BCUT2D eigenvalue weighted by molar-refractivity contribution is 7.99. The fourth-order valence-corrected chi connectivity index (χ4v) is 3.78. The minimum Gasteiger partial charge on any atom is -0.349 e. The summed E-state index contributed by atoms with van der Waals surface area (Å²) in [4.78, 5) is 24.1. The molecular weight excluding hydrogens is 334 g/mol. The Balaban J connectivity index is 0.00000192. The number of benzene rings is 1. The number of rotatable bonds is 4. The summed E-state index contributed by atoms with van der Waals surface area (Å²) in [5.41, 5.74) is 1.36. The van der Waals surface area contributed by atoms with Gasteiger partial charge in [-0.15, -0.1) is 24.2 Å². The van der Waals surface area contributed by atoms with Crippen LogP contribution in [0.15, 0.2) is 24.3 Å². The van der Waals surface area contributed by atoms with E-state index in [-0.39, 0.29) is 30.3 Å². The maximum absolute atomic E-state index is 12.1. The number of carbonyl (C=O) groups excluding carboxylic acids is 2. The number of halogens is 1. The molecule has 3 N–H and O–H groups in total. The minimum absolute atomic E-state index is 0. The average Bonchev–Trinajstić information content (AvgIpc) is 3.21. The van der Waals surface area contributed by atoms with Crippen LogP contribution in [0.4, 0.5) is 5.69 Å². The topological polar surface area (TPSA) is 70.2 Å². The van der Waals surface area contributed by atoms with E-state index in [2.05, 4.69) is 16.0 Å². The quantitative estimate of drug-likeness (QED) is 0.775. The fraction of sp³-hybridized carbons (Fsp3) is 0.500. The van der Waals surface area contributed by atoms with E-state index in [1.165, 1.54) is 12.8 Å². The van der Waals surface area contributed by atoms with Crippen molar-refractivity contribution in [2.45, 2.75) is 37.8 Å². The molecule has 2 aliphatic rings. The van der Waals surface area contributed by atoms with Crippen LogP contribution in [0.1, 0.15) is 36.0 Å². The second kappa shape index (κ2) is 8.57. The lowest BCUT2D eigenvalue weighted by molar-refractivity contribution is -0.117. The molecule has 5 nitrogen and oxygen atoms in total. The predicted octanol–water partition coefficient (Wildman–Crippen LogP) is 2.38. The van der Waals surface area contributed by atoms with Crippen molar-refractivity contribution < 1.29 is 9.59 Å². The summed E-state index contributed by atoms with van der Waals surface area (Å²) in [7, 11) is 0. The van der Waals surface area contributed by atoms with Gasteiger partial charge in [-0.2, -0.15) is 0 Å². The van der Waals surface area contributed by atoms with Crippen LogP contribution in [0.2, 0.25) is 0 Å². The van der Waals surface area contributed by atoms with Crippen molar-refractivity contribution in [3.05, 3.63) is 29.8 Å². The van der Waals surface area contributed by atoms with Crippen LogP contribution in [0.25, 0.3) is 0 Å². The van der Waals surface area contributed by atoms with Crippen molar-refractivity contribution in [2.24, 2.45) is 0 Å². The first-order valence-corrected chi connectivity index (χ1v) is 8.91. The van der Waals surface area contributed by atoms with Crippen LogP contribution in [0.3, 0.4) is 0 Å². The number of hydrogen-bond acceptors (Lipinski definition) is 4. The molecule has 0 spiro atoms. The second-order valence-corrected chi connectivity index (χ2v) is 6.82. The molecule has 1 aromatic rings. The summed E-state index contributed by atoms with van der Waals surface area (Å²) in [5, 5.41) is 9.07. The molecule has 0 aromatic heterocycles. The van der Waals surface area contributed by atoms with Crippen LogP contribution >= 0.6 is 24.2 Å². The molecule has 126 valence electrons. The van der Waals surface area contributed by atoms with Crippen molar-refractivity contribution in [1.82, 2.24) is 10.6 Å². The lowest BCUT2D eigenvalue weighted by atomic mass is 10.1. The van der Waals surface area contributed by atoms with Gasteiger partial charge in [-0.3, -0.25) is 14.9 Å². The Bertz CT molecular complexity index is 541. The highest BCUT2D eigenvalue weighted by Gasteiger charge is 2.22. The van der Waals surface area contributed by atoms with E-state index in [1.54, 1.807) is 36.0 Å². The Morgan fingerprint density at radius 1 is 1.13 bits per heavy atom. The zero-order valence-corrected chi connectivity index (χ0v) is 14.5. The lowest BCUT2D eigenvalue weighted by Crippen LogP contribution is -2.37. The van der Waals surface area contributed by atoms with Crippen LogP contribution < -0.4 is 16.0 Å². The van der Waals surface area contributed by atoms with Crippen LogP contribution in [-0.2, 0) is 4.79 Å². The normalized spacial score (nSPS) is 20.8. The highest BCUT2D eigenvalue weighted by Crippen LogP contribution is 2.19. The molecule has 1 aliphatic carbocycles. The van der Waals surface area contributed by atoms with E-state index in [0.29, 0.717) is 11.6 Å². The maximum Gasteiger partial charge on any atom is 0.251 e. The zero-order valence-electron chi connectivity index (χ0n) is 12.8. The largest absolute Gasteiger partial charge is 0.349 e. The molecule has 1 saturated heterocycles. The van der Waals surface area contributed by atoms with E-state index in [9.17, 15) is 9.59 Å². The first-order chi connectivity index (χ1) is 10.7. The van der Waals surface area contributed by atoms with Gasteiger partial charge in [0.25, 0.3) is 5.91 Å². The Kier molecular flexibility index (Phi) is 6.74. The molecule has 1 aliphatic heterocycles. The number of thioether (sulfide) groups is 1. The van der Waals surface area contributed by atoms with Gasteiger partial charge in [0.15, 0.2) is 0 Å². The van der Waals surface area contributed by atoms with Gasteiger partial charge in [-0.25, -0.2) is 0 Å². The van der Waals surface area contributed by atoms with Gasteiger partial charge >= 0.3 is 0 Å². The van der Waals surface area contributed by atoms with Crippen LogP contribution in [0, 0.1) is 0 Å². The summed E-state index contributed by atoms with van der Waals surface area (Å²) in [5.74, 6) is 1.57. The first kappa shape index (κ1) is 18.1. The summed E-state index contributed by atoms with van der Waals surface area (Å²) < 4.78 is 0. The molecular formula is C16H22ClN3O2S. The summed E-state index contributed by atoms with van der Waals surface area (Å²) >= 11 is 1.72. The van der Waals surface area contributed by atoms with Crippen LogP contribution in [0.5, 0.6) is 0 Å². The summed E-state index contributed by atoms with van der Waals surface area (Å²) in [6.07, 6.45) is 4.55. The number of nitrogens with one attached hydrogen (secondary N) is 3. The highest BCUT2D eigenvalue weighted by atomic mass is 35.5. The van der Waals surface area contributed by atoms with Gasteiger partial charge in [0, 0.05) is 28.9 Å². The number of hydrogen-bond donors (Lipinski definition) is 3. The first-order valence-electron chi connectivity index (χ1n) is 7.75. The van der Waals surface area contributed by atoms with Crippen LogP contribution in [-0.4, -0.2) is 35.5 Å². The molecule has 0 radical (unpaired) electrons. The maximum atomic E-state index is 12.1. The van der Waals surface area contributed by atoms with Crippen molar-refractivity contribution in [3.8, 4) is 0 Å². The van der Waals surface area contributed by atoms with Gasteiger partial charge in [0.1, 0.15) is 0 Å². The van der Waals surface area contributed by atoms with Crippen molar-refractivity contribution in [3.63, 3.8) is 0 Å². The number of anilines is 1. The third-order valence-electron chi connectivity index (χ3n) is 4.14. The molecule has 1 heterocycles. The molecule has 1 saturated carbocycles. The van der Waals surface area contributed by atoms with E-state index in [4.69, 9.17) is 0 Å². The molecule has 1 unspecified atom stereocenters. The van der Waals surface area contributed by atoms with E-state index in [1.807, 2.05) is 0 Å². The minimum atomic E-state index is -0.129. The predicted molar refractivity (Wildman–Crippen MR) is 96.3 cm³/mol. The van der Waals surface area contributed by atoms with Gasteiger partial charge < -0.3 is 10.6 Å².